The van der Waals surface area contributed by atoms with Gasteiger partial charge in [0, 0.05) is 36.3 Å². The summed E-state index contributed by atoms with van der Waals surface area (Å²) in [6.45, 7) is 1.49. The van der Waals surface area contributed by atoms with E-state index in [0.717, 1.165) is 34.7 Å². The lowest BCUT2D eigenvalue weighted by atomic mass is 10.2. The summed E-state index contributed by atoms with van der Waals surface area (Å²) in [5, 5.41) is 3.79. The van der Waals surface area contributed by atoms with Crippen LogP contribution in [-0.2, 0) is 16.6 Å². The third kappa shape index (κ3) is 5.56. The number of amides is 1. The third-order valence-electron chi connectivity index (χ3n) is 5.31. The maximum Gasteiger partial charge on any atom is 0.251 e. The van der Waals surface area contributed by atoms with Gasteiger partial charge in [-0.2, -0.15) is 4.31 Å². The summed E-state index contributed by atoms with van der Waals surface area (Å²) in [5.41, 5.74) is 1.41. The van der Waals surface area contributed by atoms with Crippen molar-refractivity contribution < 1.29 is 13.2 Å². The average Bonchev–Trinajstić information content (AvgIpc) is 2.84. The van der Waals surface area contributed by atoms with Crippen LogP contribution in [0.1, 0.15) is 35.2 Å². The third-order valence-corrected chi connectivity index (χ3v) is 8.18. The Morgan fingerprint density at radius 2 is 1.66 bits per heavy atom. The molecule has 1 saturated heterocycles. The Labute approximate surface area is 193 Å². The Balaban J connectivity index is 1.32. The Hall–Kier alpha value is -2.68. The maximum atomic E-state index is 12.7. The number of nitrogens with one attached hydrogen (secondary N) is 1. The summed E-state index contributed by atoms with van der Waals surface area (Å²) < 4.78 is 27.0. The van der Waals surface area contributed by atoms with Crippen LogP contribution in [0.3, 0.4) is 0 Å². The molecule has 0 spiro atoms. The number of pyridine rings is 1. The van der Waals surface area contributed by atoms with Crippen LogP contribution in [0.25, 0.3) is 0 Å². The van der Waals surface area contributed by atoms with E-state index in [9.17, 15) is 13.2 Å². The SMILES string of the molecule is O=C(NCc1ccc(S(=O)(=O)N2CCCCC2)cc1)c1ccc(Sc2ccccn2)cc1. The number of hydrogen-bond acceptors (Lipinski definition) is 5. The first kappa shape index (κ1) is 22.5. The molecule has 1 aliphatic rings. The van der Waals surface area contributed by atoms with Gasteiger partial charge in [-0.05, 0) is 66.9 Å². The largest absolute Gasteiger partial charge is 0.348 e. The Kier molecular flexibility index (Phi) is 7.24. The van der Waals surface area contributed by atoms with Gasteiger partial charge in [0.1, 0.15) is 5.03 Å². The highest BCUT2D eigenvalue weighted by atomic mass is 32.2. The topological polar surface area (TPSA) is 79.4 Å². The number of nitrogens with zero attached hydrogens (tertiary/aromatic N) is 2. The summed E-state index contributed by atoms with van der Waals surface area (Å²) in [7, 11) is -3.44. The molecule has 1 amide bonds. The van der Waals surface area contributed by atoms with Crippen molar-refractivity contribution in [1.29, 1.82) is 0 Å². The van der Waals surface area contributed by atoms with E-state index in [-0.39, 0.29) is 5.91 Å². The lowest BCUT2D eigenvalue weighted by Crippen LogP contribution is -2.35. The molecule has 3 aromatic rings. The smallest absolute Gasteiger partial charge is 0.251 e. The fourth-order valence-corrected chi connectivity index (χ4v) is 5.81. The monoisotopic (exact) mass is 467 g/mol. The molecule has 1 fully saturated rings. The number of aromatic nitrogens is 1. The number of rotatable bonds is 7. The zero-order valence-electron chi connectivity index (χ0n) is 17.6. The van der Waals surface area contributed by atoms with E-state index in [1.165, 1.54) is 11.8 Å². The van der Waals surface area contributed by atoms with E-state index in [1.807, 2.05) is 30.3 Å². The van der Waals surface area contributed by atoms with Gasteiger partial charge in [-0.15, -0.1) is 0 Å². The highest BCUT2D eigenvalue weighted by molar-refractivity contribution is 7.99. The number of piperidine rings is 1. The van der Waals surface area contributed by atoms with Gasteiger partial charge in [0.15, 0.2) is 0 Å². The molecule has 0 radical (unpaired) electrons. The molecule has 6 nitrogen and oxygen atoms in total. The summed E-state index contributed by atoms with van der Waals surface area (Å²) in [4.78, 5) is 18.1. The number of benzene rings is 2. The van der Waals surface area contributed by atoms with Crippen LogP contribution in [0.2, 0.25) is 0 Å². The van der Waals surface area contributed by atoms with Crippen LogP contribution >= 0.6 is 11.8 Å². The summed E-state index contributed by atoms with van der Waals surface area (Å²) >= 11 is 1.54. The molecular weight excluding hydrogens is 442 g/mol. The van der Waals surface area contributed by atoms with Crippen molar-refractivity contribution in [2.75, 3.05) is 13.1 Å². The van der Waals surface area contributed by atoms with E-state index in [2.05, 4.69) is 10.3 Å². The van der Waals surface area contributed by atoms with E-state index < -0.39 is 10.0 Å². The van der Waals surface area contributed by atoms with Crippen molar-refractivity contribution in [1.82, 2.24) is 14.6 Å². The molecule has 1 aliphatic heterocycles. The Morgan fingerprint density at radius 1 is 0.938 bits per heavy atom. The lowest BCUT2D eigenvalue weighted by Gasteiger charge is -2.25. The van der Waals surface area contributed by atoms with Crippen molar-refractivity contribution >= 4 is 27.7 Å². The second-order valence-corrected chi connectivity index (χ2v) is 10.6. The van der Waals surface area contributed by atoms with Crippen LogP contribution in [0.5, 0.6) is 0 Å². The van der Waals surface area contributed by atoms with Crippen LogP contribution in [0, 0.1) is 0 Å². The highest BCUT2D eigenvalue weighted by Crippen LogP contribution is 2.25. The molecule has 4 rings (SSSR count). The van der Waals surface area contributed by atoms with Crippen molar-refractivity contribution in [2.45, 2.75) is 40.6 Å². The Morgan fingerprint density at radius 3 is 2.31 bits per heavy atom. The summed E-state index contributed by atoms with van der Waals surface area (Å²) in [6.07, 6.45) is 4.65. The number of sulfonamides is 1. The minimum atomic E-state index is -3.44. The van der Waals surface area contributed by atoms with Crippen molar-refractivity contribution in [3.05, 3.63) is 84.1 Å². The average molecular weight is 468 g/mol. The van der Waals surface area contributed by atoms with E-state index in [0.29, 0.717) is 30.1 Å². The molecule has 1 N–H and O–H groups in total. The number of carbonyl (C=O) groups is 1. The molecule has 32 heavy (non-hydrogen) atoms. The van der Waals surface area contributed by atoms with Gasteiger partial charge in [0.2, 0.25) is 10.0 Å². The van der Waals surface area contributed by atoms with E-state index in [4.69, 9.17) is 0 Å². The molecule has 0 aliphatic carbocycles. The zero-order valence-corrected chi connectivity index (χ0v) is 19.2. The molecule has 166 valence electrons. The quantitative estimate of drug-likeness (QED) is 0.559. The van der Waals surface area contributed by atoms with Crippen molar-refractivity contribution in [2.24, 2.45) is 0 Å². The first-order chi connectivity index (χ1) is 15.5. The zero-order chi connectivity index (χ0) is 22.4. The minimum absolute atomic E-state index is 0.176. The van der Waals surface area contributed by atoms with Crippen molar-refractivity contribution in [3.8, 4) is 0 Å². The summed E-state index contributed by atoms with van der Waals surface area (Å²) in [5.74, 6) is -0.176. The van der Waals surface area contributed by atoms with Gasteiger partial charge in [0.25, 0.3) is 5.91 Å². The van der Waals surface area contributed by atoms with Crippen LogP contribution in [-0.4, -0.2) is 36.7 Å². The van der Waals surface area contributed by atoms with Gasteiger partial charge in [-0.25, -0.2) is 13.4 Å². The van der Waals surface area contributed by atoms with Crippen molar-refractivity contribution in [3.63, 3.8) is 0 Å². The van der Waals surface area contributed by atoms with Crippen LogP contribution in [0.15, 0.2) is 87.7 Å². The molecule has 0 saturated carbocycles. The molecular formula is C24H25N3O3S2. The molecule has 0 unspecified atom stereocenters. The van der Waals surface area contributed by atoms with Gasteiger partial charge in [-0.3, -0.25) is 4.79 Å². The lowest BCUT2D eigenvalue weighted by molar-refractivity contribution is 0.0951. The van der Waals surface area contributed by atoms with Gasteiger partial charge < -0.3 is 5.32 Å². The first-order valence-electron chi connectivity index (χ1n) is 10.6. The van der Waals surface area contributed by atoms with E-state index >= 15 is 0 Å². The molecule has 8 heteroatoms. The minimum Gasteiger partial charge on any atom is -0.348 e. The highest BCUT2D eigenvalue weighted by Gasteiger charge is 2.25. The predicted molar refractivity (Wildman–Crippen MR) is 125 cm³/mol. The second-order valence-electron chi connectivity index (χ2n) is 7.59. The maximum absolute atomic E-state index is 12.7. The number of hydrogen-bond donors (Lipinski definition) is 1. The summed E-state index contributed by atoms with van der Waals surface area (Å²) in [6, 6.07) is 19.9. The van der Waals surface area contributed by atoms with E-state index in [1.54, 1.807) is 46.9 Å². The van der Waals surface area contributed by atoms with Gasteiger partial charge >= 0.3 is 0 Å². The number of carbonyl (C=O) groups excluding carboxylic acids is 1. The predicted octanol–water partition coefficient (Wildman–Crippen LogP) is 4.34. The molecule has 2 heterocycles. The molecule has 0 atom stereocenters. The van der Waals surface area contributed by atoms with Crippen LogP contribution < -0.4 is 5.32 Å². The molecule has 2 aromatic carbocycles. The van der Waals surface area contributed by atoms with Crippen LogP contribution in [0.4, 0.5) is 0 Å². The fourth-order valence-electron chi connectivity index (χ4n) is 3.52. The fraction of sp³-hybridized carbons (Fsp3) is 0.250. The Bertz CT molecular complexity index is 1140. The van der Waals surface area contributed by atoms with Gasteiger partial charge in [-0.1, -0.05) is 36.4 Å². The second kappa shape index (κ2) is 10.3. The van der Waals surface area contributed by atoms with Gasteiger partial charge in [0.05, 0.1) is 4.90 Å². The molecule has 1 aromatic heterocycles. The normalized spacial score (nSPS) is 14.8. The first-order valence-corrected chi connectivity index (χ1v) is 12.8. The standard InChI is InChI=1S/C24H25N3O3S2/c28-24(20-9-11-21(12-10-20)31-23-6-2-3-15-25-23)26-18-19-7-13-22(14-8-19)32(29,30)27-16-4-1-5-17-27/h2-3,6-15H,1,4-5,16-18H2,(H,26,28). The molecule has 0 bridgehead atoms.